The number of carbonyl (C=O) groups excluding carboxylic acids is 1. The molecule has 1 amide bonds. The lowest BCUT2D eigenvalue weighted by molar-refractivity contribution is -0.385. The zero-order valence-corrected chi connectivity index (χ0v) is 10.3. The number of likely N-dealkylation sites (N-methyl/N-ethyl adjacent to an activating group) is 1. The Morgan fingerprint density at radius 2 is 2.22 bits per heavy atom. The van der Waals surface area contributed by atoms with Crippen LogP contribution in [0.3, 0.4) is 0 Å². The molecule has 1 unspecified atom stereocenters. The second-order valence-corrected chi connectivity index (χ2v) is 4.45. The van der Waals surface area contributed by atoms with Crippen LogP contribution in [0, 0.1) is 17.0 Å². The molecule has 0 spiro atoms. The van der Waals surface area contributed by atoms with E-state index in [1.807, 2.05) is 0 Å². The lowest BCUT2D eigenvalue weighted by Gasteiger charge is -2.15. The van der Waals surface area contributed by atoms with Crippen LogP contribution in [0.25, 0.3) is 0 Å². The topological polar surface area (TPSA) is 75.5 Å². The van der Waals surface area contributed by atoms with E-state index in [9.17, 15) is 14.9 Å². The highest BCUT2D eigenvalue weighted by Crippen LogP contribution is 2.26. The first-order valence-electron chi connectivity index (χ1n) is 5.76. The van der Waals surface area contributed by atoms with E-state index in [2.05, 4.69) is 5.32 Å². The SMILES string of the molecule is Cc1c(NC2CCN(C)C2=O)cccc1[N+](=O)[O-]. The molecule has 1 fully saturated rings. The first kappa shape index (κ1) is 12.3. The fraction of sp³-hybridized carbons (Fsp3) is 0.417. The smallest absolute Gasteiger partial charge is 0.274 e. The molecule has 6 nitrogen and oxygen atoms in total. The fourth-order valence-corrected chi connectivity index (χ4v) is 2.12. The molecule has 0 aliphatic carbocycles. The molecular formula is C12H15N3O3. The summed E-state index contributed by atoms with van der Waals surface area (Å²) in [5.74, 6) is 0.0286. The number of carbonyl (C=O) groups is 1. The van der Waals surface area contributed by atoms with Crippen LogP contribution >= 0.6 is 0 Å². The summed E-state index contributed by atoms with van der Waals surface area (Å²) >= 11 is 0. The molecule has 1 aromatic rings. The van der Waals surface area contributed by atoms with Crippen molar-refractivity contribution in [1.29, 1.82) is 0 Å². The van der Waals surface area contributed by atoms with E-state index < -0.39 is 4.92 Å². The molecule has 18 heavy (non-hydrogen) atoms. The van der Waals surface area contributed by atoms with E-state index in [1.165, 1.54) is 6.07 Å². The Bertz CT molecular complexity index is 501. The molecule has 6 heteroatoms. The summed E-state index contributed by atoms with van der Waals surface area (Å²) in [5.41, 5.74) is 1.28. The molecule has 96 valence electrons. The van der Waals surface area contributed by atoms with E-state index in [0.717, 1.165) is 6.42 Å². The summed E-state index contributed by atoms with van der Waals surface area (Å²) in [6, 6.07) is 4.56. The average Bonchev–Trinajstić information content (AvgIpc) is 2.63. The quantitative estimate of drug-likeness (QED) is 0.651. The predicted molar refractivity (Wildman–Crippen MR) is 67.5 cm³/mol. The minimum absolute atomic E-state index is 0.0286. The van der Waals surface area contributed by atoms with Gasteiger partial charge in [-0.05, 0) is 19.4 Å². The number of likely N-dealkylation sites (tertiary alicyclic amines) is 1. The summed E-state index contributed by atoms with van der Waals surface area (Å²) in [5, 5.41) is 13.9. The van der Waals surface area contributed by atoms with Crippen LogP contribution in [-0.4, -0.2) is 35.4 Å². The molecule has 1 saturated heterocycles. The van der Waals surface area contributed by atoms with Gasteiger partial charge in [0, 0.05) is 30.9 Å². The van der Waals surface area contributed by atoms with Crippen LogP contribution in [0.2, 0.25) is 0 Å². The average molecular weight is 249 g/mol. The Kier molecular flexibility index (Phi) is 3.18. The number of rotatable bonds is 3. The van der Waals surface area contributed by atoms with Gasteiger partial charge in [-0.3, -0.25) is 14.9 Å². The van der Waals surface area contributed by atoms with Crippen LogP contribution in [0.4, 0.5) is 11.4 Å². The van der Waals surface area contributed by atoms with Crippen molar-refractivity contribution < 1.29 is 9.72 Å². The van der Waals surface area contributed by atoms with Crippen molar-refractivity contribution in [2.45, 2.75) is 19.4 Å². The molecule has 1 N–H and O–H groups in total. The van der Waals surface area contributed by atoms with Gasteiger partial charge in [0.05, 0.1) is 4.92 Å². The second kappa shape index (κ2) is 4.64. The fourth-order valence-electron chi connectivity index (χ4n) is 2.12. The van der Waals surface area contributed by atoms with Crippen molar-refractivity contribution in [3.63, 3.8) is 0 Å². The largest absolute Gasteiger partial charge is 0.373 e. The highest BCUT2D eigenvalue weighted by atomic mass is 16.6. The standard InChI is InChI=1S/C12H15N3O3/c1-8-9(4-3-5-11(8)15(17)18)13-10-6-7-14(2)12(10)16/h3-5,10,13H,6-7H2,1-2H3. The number of nitro groups is 1. The summed E-state index contributed by atoms with van der Waals surface area (Å²) < 4.78 is 0. The first-order chi connectivity index (χ1) is 8.50. The Balaban J connectivity index is 2.22. The second-order valence-electron chi connectivity index (χ2n) is 4.45. The lowest BCUT2D eigenvalue weighted by atomic mass is 10.1. The third kappa shape index (κ3) is 2.13. The summed E-state index contributed by atoms with van der Waals surface area (Å²) in [6.07, 6.45) is 0.720. The molecule has 0 aromatic heterocycles. The van der Waals surface area contributed by atoms with E-state index in [4.69, 9.17) is 0 Å². The number of hydrogen-bond donors (Lipinski definition) is 1. The lowest BCUT2D eigenvalue weighted by Crippen LogP contribution is -2.31. The van der Waals surface area contributed by atoms with Crippen LogP contribution < -0.4 is 5.32 Å². The minimum atomic E-state index is -0.414. The molecule has 1 aromatic carbocycles. The number of nitro benzene ring substituents is 1. The van der Waals surface area contributed by atoms with Crippen LogP contribution in [0.5, 0.6) is 0 Å². The predicted octanol–water partition coefficient (Wildman–Crippen LogP) is 1.55. The van der Waals surface area contributed by atoms with Gasteiger partial charge in [0.1, 0.15) is 6.04 Å². The van der Waals surface area contributed by atoms with Crippen LogP contribution in [0.15, 0.2) is 18.2 Å². The molecular weight excluding hydrogens is 234 g/mol. The Hall–Kier alpha value is -2.11. The number of nitrogens with zero attached hydrogens (tertiary/aromatic N) is 2. The Labute approximate surface area is 105 Å². The van der Waals surface area contributed by atoms with Gasteiger partial charge in [-0.15, -0.1) is 0 Å². The zero-order valence-electron chi connectivity index (χ0n) is 10.3. The summed E-state index contributed by atoms with van der Waals surface area (Å²) in [6.45, 7) is 2.40. The molecule has 1 aliphatic heterocycles. The van der Waals surface area contributed by atoms with Crippen LogP contribution in [-0.2, 0) is 4.79 Å². The molecule has 1 atom stereocenters. The van der Waals surface area contributed by atoms with E-state index in [-0.39, 0.29) is 17.6 Å². The third-order valence-corrected chi connectivity index (χ3v) is 3.26. The molecule has 0 radical (unpaired) electrons. The van der Waals surface area contributed by atoms with Crippen molar-refractivity contribution >= 4 is 17.3 Å². The monoisotopic (exact) mass is 249 g/mol. The van der Waals surface area contributed by atoms with E-state index in [1.54, 1.807) is 31.0 Å². The highest BCUT2D eigenvalue weighted by Gasteiger charge is 2.29. The Morgan fingerprint density at radius 3 is 2.78 bits per heavy atom. The maximum Gasteiger partial charge on any atom is 0.274 e. The van der Waals surface area contributed by atoms with Gasteiger partial charge in [0.25, 0.3) is 5.69 Å². The number of anilines is 1. The van der Waals surface area contributed by atoms with Gasteiger partial charge in [-0.25, -0.2) is 0 Å². The third-order valence-electron chi connectivity index (χ3n) is 3.26. The maximum atomic E-state index is 11.8. The number of benzene rings is 1. The van der Waals surface area contributed by atoms with Gasteiger partial charge < -0.3 is 10.2 Å². The molecule has 2 rings (SSSR count). The van der Waals surface area contributed by atoms with Crippen molar-refractivity contribution in [3.05, 3.63) is 33.9 Å². The number of amides is 1. The number of hydrogen-bond acceptors (Lipinski definition) is 4. The van der Waals surface area contributed by atoms with Gasteiger partial charge >= 0.3 is 0 Å². The maximum absolute atomic E-state index is 11.8. The van der Waals surface area contributed by atoms with Crippen molar-refractivity contribution in [2.24, 2.45) is 0 Å². The number of nitrogens with one attached hydrogen (secondary N) is 1. The molecule has 1 heterocycles. The zero-order chi connectivity index (χ0) is 13.3. The van der Waals surface area contributed by atoms with Crippen molar-refractivity contribution in [1.82, 2.24) is 4.90 Å². The molecule has 0 saturated carbocycles. The van der Waals surface area contributed by atoms with E-state index in [0.29, 0.717) is 17.8 Å². The van der Waals surface area contributed by atoms with Gasteiger partial charge in [-0.2, -0.15) is 0 Å². The van der Waals surface area contributed by atoms with Gasteiger partial charge in [0.15, 0.2) is 0 Å². The van der Waals surface area contributed by atoms with Crippen molar-refractivity contribution in [3.8, 4) is 0 Å². The molecule has 1 aliphatic rings. The van der Waals surface area contributed by atoms with E-state index >= 15 is 0 Å². The molecule has 0 bridgehead atoms. The summed E-state index contributed by atoms with van der Waals surface area (Å²) in [7, 11) is 1.75. The minimum Gasteiger partial charge on any atom is -0.373 e. The first-order valence-corrected chi connectivity index (χ1v) is 5.76. The normalized spacial score (nSPS) is 19.1. The van der Waals surface area contributed by atoms with Crippen molar-refractivity contribution in [2.75, 3.05) is 18.9 Å². The van der Waals surface area contributed by atoms with Gasteiger partial charge in [0.2, 0.25) is 5.91 Å². The Morgan fingerprint density at radius 1 is 1.50 bits per heavy atom. The highest BCUT2D eigenvalue weighted by molar-refractivity contribution is 5.86. The van der Waals surface area contributed by atoms with Gasteiger partial charge in [-0.1, -0.05) is 6.07 Å². The summed E-state index contributed by atoms with van der Waals surface area (Å²) in [4.78, 5) is 23.8. The van der Waals surface area contributed by atoms with Crippen LogP contribution in [0.1, 0.15) is 12.0 Å².